The number of sulfonamides is 1. The lowest BCUT2D eigenvalue weighted by molar-refractivity contribution is -0.122. The summed E-state index contributed by atoms with van der Waals surface area (Å²) in [5.41, 5.74) is 2.77. The molecule has 8 heteroatoms. The van der Waals surface area contributed by atoms with Crippen molar-refractivity contribution in [3.63, 3.8) is 0 Å². The van der Waals surface area contributed by atoms with E-state index in [1.807, 2.05) is 31.2 Å². The van der Waals surface area contributed by atoms with Crippen LogP contribution in [-0.4, -0.2) is 34.0 Å². The summed E-state index contributed by atoms with van der Waals surface area (Å²) in [7, 11) is -2.67. The Morgan fingerprint density at radius 3 is 2.42 bits per heavy atom. The standard InChI is InChI=1S/C25H27FN2O4S/c1-18-12-13-23(32-2)20(16-18)14-15-27-25(29)22(17-19-8-4-3-5-9-19)28-33(30,31)24-11-7-6-10-21(24)26/h3-13,16,22,28H,14-15,17H2,1-2H3,(H,27,29). The Kier molecular flexibility index (Phi) is 8.19. The molecule has 0 heterocycles. The Bertz CT molecular complexity index is 1200. The molecule has 174 valence electrons. The molecule has 3 rings (SSSR count). The fourth-order valence-corrected chi connectivity index (χ4v) is 4.77. The molecule has 0 fully saturated rings. The zero-order chi connectivity index (χ0) is 23.8. The maximum absolute atomic E-state index is 14.1. The summed E-state index contributed by atoms with van der Waals surface area (Å²) in [6, 6.07) is 18.8. The number of carbonyl (C=O) groups excluding carboxylic acids is 1. The lowest BCUT2D eigenvalue weighted by Gasteiger charge is -2.19. The molecule has 0 radical (unpaired) electrons. The van der Waals surface area contributed by atoms with Crippen molar-refractivity contribution < 1.29 is 22.3 Å². The zero-order valence-corrected chi connectivity index (χ0v) is 19.4. The number of halogens is 1. The van der Waals surface area contributed by atoms with Crippen molar-refractivity contribution in [2.24, 2.45) is 0 Å². The van der Waals surface area contributed by atoms with Gasteiger partial charge in [0.05, 0.1) is 7.11 Å². The zero-order valence-electron chi connectivity index (χ0n) is 18.5. The van der Waals surface area contributed by atoms with E-state index in [1.54, 1.807) is 31.4 Å². The molecule has 0 saturated heterocycles. The Morgan fingerprint density at radius 1 is 1.03 bits per heavy atom. The SMILES string of the molecule is COc1ccc(C)cc1CCNC(=O)C(Cc1ccccc1)NS(=O)(=O)c1ccccc1F. The van der Waals surface area contributed by atoms with Gasteiger partial charge in [0.25, 0.3) is 0 Å². The second kappa shape index (κ2) is 11.1. The van der Waals surface area contributed by atoms with E-state index in [1.165, 1.54) is 18.2 Å². The van der Waals surface area contributed by atoms with Crippen LogP contribution in [0.25, 0.3) is 0 Å². The van der Waals surface area contributed by atoms with Gasteiger partial charge in [-0.3, -0.25) is 4.79 Å². The molecular weight excluding hydrogens is 443 g/mol. The number of ether oxygens (including phenoxy) is 1. The molecule has 3 aromatic carbocycles. The van der Waals surface area contributed by atoms with Crippen molar-refractivity contribution in [3.8, 4) is 5.75 Å². The second-order valence-corrected chi connectivity index (χ2v) is 9.33. The fourth-order valence-electron chi connectivity index (χ4n) is 3.50. The van der Waals surface area contributed by atoms with E-state index in [9.17, 15) is 17.6 Å². The minimum atomic E-state index is -4.25. The highest BCUT2D eigenvalue weighted by atomic mass is 32.2. The third kappa shape index (κ3) is 6.63. The first-order chi connectivity index (χ1) is 15.8. The molecule has 0 spiro atoms. The first kappa shape index (κ1) is 24.4. The number of hydrogen-bond donors (Lipinski definition) is 2. The van der Waals surface area contributed by atoms with Crippen LogP contribution >= 0.6 is 0 Å². The minimum Gasteiger partial charge on any atom is -0.496 e. The van der Waals surface area contributed by atoms with Gasteiger partial charge in [-0.1, -0.05) is 60.2 Å². The van der Waals surface area contributed by atoms with Crippen LogP contribution in [0.3, 0.4) is 0 Å². The molecule has 0 aliphatic carbocycles. The number of amides is 1. The number of carbonyl (C=O) groups is 1. The van der Waals surface area contributed by atoms with E-state index in [0.717, 1.165) is 28.5 Å². The quantitative estimate of drug-likeness (QED) is 0.476. The summed E-state index contributed by atoms with van der Waals surface area (Å²) in [6.45, 7) is 2.25. The van der Waals surface area contributed by atoms with Crippen molar-refractivity contribution in [3.05, 3.63) is 95.3 Å². The van der Waals surface area contributed by atoms with Crippen LogP contribution in [0, 0.1) is 12.7 Å². The Hall–Kier alpha value is -3.23. The van der Waals surface area contributed by atoms with Crippen LogP contribution in [0.4, 0.5) is 4.39 Å². The van der Waals surface area contributed by atoms with Gasteiger partial charge in [0.2, 0.25) is 15.9 Å². The Morgan fingerprint density at radius 2 is 1.73 bits per heavy atom. The van der Waals surface area contributed by atoms with Crippen molar-refractivity contribution in [1.82, 2.24) is 10.0 Å². The molecule has 1 amide bonds. The van der Waals surface area contributed by atoms with Gasteiger partial charge in [0.15, 0.2) is 0 Å². The van der Waals surface area contributed by atoms with Gasteiger partial charge in [-0.25, -0.2) is 12.8 Å². The summed E-state index contributed by atoms with van der Waals surface area (Å²) in [5, 5.41) is 2.80. The molecule has 0 bridgehead atoms. The van der Waals surface area contributed by atoms with Crippen LogP contribution < -0.4 is 14.8 Å². The molecule has 6 nitrogen and oxygen atoms in total. The van der Waals surface area contributed by atoms with E-state index in [-0.39, 0.29) is 13.0 Å². The Balaban J connectivity index is 1.75. The van der Waals surface area contributed by atoms with Crippen LogP contribution in [0.5, 0.6) is 5.75 Å². The third-order valence-electron chi connectivity index (χ3n) is 5.15. The predicted molar refractivity (Wildman–Crippen MR) is 125 cm³/mol. The van der Waals surface area contributed by atoms with E-state index >= 15 is 0 Å². The lowest BCUT2D eigenvalue weighted by Crippen LogP contribution is -2.48. The fraction of sp³-hybridized carbons (Fsp3) is 0.240. The summed E-state index contributed by atoms with van der Waals surface area (Å²) < 4.78 is 47.5. The number of hydrogen-bond acceptors (Lipinski definition) is 4. The summed E-state index contributed by atoms with van der Waals surface area (Å²) in [5.74, 6) is -0.656. The molecule has 1 atom stereocenters. The second-order valence-electron chi connectivity index (χ2n) is 7.65. The van der Waals surface area contributed by atoms with Crippen LogP contribution in [0.1, 0.15) is 16.7 Å². The van der Waals surface area contributed by atoms with E-state index in [0.29, 0.717) is 6.42 Å². The first-order valence-corrected chi connectivity index (χ1v) is 12.0. The number of aryl methyl sites for hydroxylation is 1. The molecule has 0 aliphatic heterocycles. The normalized spacial score (nSPS) is 12.2. The average molecular weight is 471 g/mol. The van der Waals surface area contributed by atoms with Crippen LogP contribution in [0.15, 0.2) is 77.7 Å². The van der Waals surface area contributed by atoms with E-state index in [4.69, 9.17) is 4.74 Å². The molecule has 3 aromatic rings. The van der Waals surface area contributed by atoms with E-state index < -0.39 is 32.7 Å². The maximum atomic E-state index is 14.1. The highest BCUT2D eigenvalue weighted by molar-refractivity contribution is 7.89. The van der Waals surface area contributed by atoms with Crippen LogP contribution in [0.2, 0.25) is 0 Å². The minimum absolute atomic E-state index is 0.119. The summed E-state index contributed by atoms with van der Waals surface area (Å²) >= 11 is 0. The summed E-state index contributed by atoms with van der Waals surface area (Å²) in [4.78, 5) is 12.5. The largest absolute Gasteiger partial charge is 0.496 e. The average Bonchev–Trinajstić information content (AvgIpc) is 2.79. The van der Waals surface area contributed by atoms with Crippen molar-refractivity contribution in [2.75, 3.05) is 13.7 Å². The molecular formula is C25H27FN2O4S. The molecule has 1 unspecified atom stereocenters. The monoisotopic (exact) mass is 470 g/mol. The Labute approximate surface area is 193 Å². The van der Waals surface area contributed by atoms with Crippen molar-refractivity contribution in [2.45, 2.75) is 30.7 Å². The predicted octanol–water partition coefficient (Wildman–Crippen LogP) is 3.39. The number of benzene rings is 3. The molecule has 0 aromatic heterocycles. The summed E-state index contributed by atoms with van der Waals surface area (Å²) in [6.07, 6.45) is 0.628. The van der Waals surface area contributed by atoms with Gasteiger partial charge >= 0.3 is 0 Å². The lowest BCUT2D eigenvalue weighted by atomic mass is 10.1. The van der Waals surface area contributed by atoms with E-state index in [2.05, 4.69) is 10.0 Å². The van der Waals surface area contributed by atoms with Gasteiger partial charge in [0.1, 0.15) is 22.5 Å². The smallest absolute Gasteiger partial charge is 0.244 e. The molecule has 0 aliphatic rings. The first-order valence-electron chi connectivity index (χ1n) is 10.5. The highest BCUT2D eigenvalue weighted by Gasteiger charge is 2.27. The molecule has 0 saturated carbocycles. The molecule has 2 N–H and O–H groups in total. The number of nitrogens with one attached hydrogen (secondary N) is 2. The van der Waals surface area contributed by atoms with Gasteiger partial charge in [-0.05, 0) is 49.1 Å². The number of methoxy groups -OCH3 is 1. The highest BCUT2D eigenvalue weighted by Crippen LogP contribution is 2.20. The topological polar surface area (TPSA) is 84.5 Å². The van der Waals surface area contributed by atoms with Crippen LogP contribution in [-0.2, 0) is 27.7 Å². The number of rotatable bonds is 10. The molecule has 33 heavy (non-hydrogen) atoms. The van der Waals surface area contributed by atoms with Gasteiger partial charge < -0.3 is 10.1 Å². The maximum Gasteiger partial charge on any atom is 0.244 e. The van der Waals surface area contributed by atoms with Gasteiger partial charge in [0, 0.05) is 6.54 Å². The van der Waals surface area contributed by atoms with Crippen molar-refractivity contribution >= 4 is 15.9 Å². The van der Waals surface area contributed by atoms with Crippen molar-refractivity contribution in [1.29, 1.82) is 0 Å². The van der Waals surface area contributed by atoms with Gasteiger partial charge in [-0.15, -0.1) is 0 Å². The van der Waals surface area contributed by atoms with Gasteiger partial charge in [-0.2, -0.15) is 4.72 Å². The third-order valence-corrected chi connectivity index (χ3v) is 6.66.